The van der Waals surface area contributed by atoms with Crippen LogP contribution < -0.4 is 9.13 Å². The highest BCUT2D eigenvalue weighted by molar-refractivity contribution is 5.29. The van der Waals surface area contributed by atoms with Crippen molar-refractivity contribution in [1.29, 1.82) is 0 Å². The number of aromatic nitrogens is 4. The number of imidazole rings is 2. The van der Waals surface area contributed by atoms with Gasteiger partial charge in [0.2, 0.25) is 12.7 Å². The minimum Gasteiger partial charge on any atom is -0.232 e. The molecule has 0 unspecified atom stereocenters. The normalized spacial score (nSPS) is 10.7. The van der Waals surface area contributed by atoms with Crippen LogP contribution in [0.3, 0.4) is 0 Å². The van der Waals surface area contributed by atoms with E-state index >= 15 is 0 Å². The summed E-state index contributed by atoms with van der Waals surface area (Å²) in [5, 5.41) is 0. The molecule has 122 valence electrons. The smallest absolute Gasteiger partial charge is 0.232 e. The van der Waals surface area contributed by atoms with Crippen LogP contribution in [0.4, 0.5) is 0 Å². The van der Waals surface area contributed by atoms with Gasteiger partial charge < -0.3 is 0 Å². The van der Waals surface area contributed by atoms with Crippen LogP contribution in [-0.4, -0.2) is 9.13 Å². The van der Waals surface area contributed by atoms with Gasteiger partial charge in [-0.1, -0.05) is 32.2 Å². The van der Waals surface area contributed by atoms with Crippen LogP contribution in [0.2, 0.25) is 0 Å². The fourth-order valence-corrected chi connectivity index (χ4v) is 2.87. The predicted octanol–water partition coefficient (Wildman–Crippen LogP) is 2.72. The van der Waals surface area contributed by atoms with Crippen molar-refractivity contribution in [2.24, 2.45) is 0 Å². The predicted molar refractivity (Wildman–Crippen MR) is 96.1 cm³/mol. The van der Waals surface area contributed by atoms with Crippen molar-refractivity contribution < 1.29 is 9.13 Å². The fraction of sp³-hybridized carbons (Fsp3) is 0.200. The zero-order chi connectivity index (χ0) is 16.9. The van der Waals surface area contributed by atoms with Crippen LogP contribution in [0.15, 0.2) is 68.8 Å². The van der Waals surface area contributed by atoms with E-state index in [9.17, 15) is 0 Å². The Labute approximate surface area is 143 Å². The summed E-state index contributed by atoms with van der Waals surface area (Å²) in [6.45, 7) is 11.5. The standard InChI is InChI=1S/C20H24N4/c1-4-18-11-19(14-23-9-7-21(5-2)16-23)13-20(12-18)15-24-10-8-22(6-3)17-24/h5-13,16-17H,2-4,14-15H2,1H3/q+2. The largest absolute Gasteiger partial charge is 0.248 e. The molecule has 3 aromatic rings. The molecule has 24 heavy (non-hydrogen) atoms. The van der Waals surface area contributed by atoms with Crippen LogP contribution in [0.1, 0.15) is 23.6 Å². The molecule has 0 atom stereocenters. The Balaban J connectivity index is 1.83. The molecule has 0 spiro atoms. The van der Waals surface area contributed by atoms with Crippen molar-refractivity contribution in [2.45, 2.75) is 26.4 Å². The lowest BCUT2D eigenvalue weighted by atomic mass is 10.0. The van der Waals surface area contributed by atoms with Crippen molar-refractivity contribution in [3.63, 3.8) is 0 Å². The Morgan fingerprint density at radius 3 is 1.67 bits per heavy atom. The highest BCUT2D eigenvalue weighted by atomic mass is 15.1. The van der Waals surface area contributed by atoms with Gasteiger partial charge in [-0.25, -0.2) is 18.3 Å². The van der Waals surface area contributed by atoms with Crippen LogP contribution in [-0.2, 0) is 19.5 Å². The SMILES string of the molecule is C=Cn1cc[n+](Cc2cc(CC)cc(C[n+]3ccn(C=C)c3)c2)c1. The number of hydrogen-bond donors (Lipinski definition) is 0. The Bertz CT molecular complexity index is 788. The van der Waals surface area contributed by atoms with Gasteiger partial charge >= 0.3 is 0 Å². The lowest BCUT2D eigenvalue weighted by Crippen LogP contribution is -2.33. The van der Waals surface area contributed by atoms with E-state index in [4.69, 9.17) is 0 Å². The summed E-state index contributed by atoms with van der Waals surface area (Å²) in [5.74, 6) is 0. The summed E-state index contributed by atoms with van der Waals surface area (Å²) in [5.41, 5.74) is 4.01. The van der Waals surface area contributed by atoms with Gasteiger partial charge in [-0.15, -0.1) is 0 Å². The molecule has 0 aliphatic carbocycles. The Hall–Kier alpha value is -2.88. The average Bonchev–Trinajstić information content (AvgIpc) is 3.23. The first-order valence-electron chi connectivity index (χ1n) is 8.20. The quantitative estimate of drug-likeness (QED) is 0.596. The molecule has 0 N–H and O–H groups in total. The van der Waals surface area contributed by atoms with E-state index in [1.807, 2.05) is 34.2 Å². The molecule has 0 radical (unpaired) electrons. The first-order valence-corrected chi connectivity index (χ1v) is 8.20. The van der Waals surface area contributed by atoms with Crippen LogP contribution in [0.25, 0.3) is 12.4 Å². The van der Waals surface area contributed by atoms with Gasteiger partial charge in [0.05, 0.1) is 12.4 Å². The summed E-state index contributed by atoms with van der Waals surface area (Å²) in [4.78, 5) is 0. The van der Waals surface area contributed by atoms with E-state index in [2.05, 4.69) is 59.8 Å². The monoisotopic (exact) mass is 320 g/mol. The Kier molecular flexibility index (Phi) is 4.75. The second-order valence-corrected chi connectivity index (χ2v) is 5.94. The third-order valence-corrected chi connectivity index (χ3v) is 4.10. The van der Waals surface area contributed by atoms with Crippen molar-refractivity contribution >= 4 is 12.4 Å². The first kappa shape index (κ1) is 16.0. The summed E-state index contributed by atoms with van der Waals surface area (Å²) in [7, 11) is 0. The lowest BCUT2D eigenvalue weighted by Gasteiger charge is -2.06. The molecule has 0 saturated heterocycles. The highest BCUT2D eigenvalue weighted by Gasteiger charge is 2.08. The van der Waals surface area contributed by atoms with Crippen molar-refractivity contribution in [3.8, 4) is 0 Å². The summed E-state index contributed by atoms with van der Waals surface area (Å²) in [6.07, 6.45) is 16.9. The number of hydrogen-bond acceptors (Lipinski definition) is 0. The molecule has 0 aliphatic rings. The van der Waals surface area contributed by atoms with Gasteiger partial charge in [0.25, 0.3) is 0 Å². The maximum Gasteiger partial charge on any atom is 0.248 e. The van der Waals surface area contributed by atoms with Gasteiger partial charge in [0.15, 0.2) is 0 Å². The summed E-state index contributed by atoms with van der Waals surface area (Å²) >= 11 is 0. The third-order valence-electron chi connectivity index (χ3n) is 4.10. The maximum absolute atomic E-state index is 3.79. The zero-order valence-electron chi connectivity index (χ0n) is 14.2. The highest BCUT2D eigenvalue weighted by Crippen LogP contribution is 2.11. The second-order valence-electron chi connectivity index (χ2n) is 5.94. The summed E-state index contributed by atoms with van der Waals surface area (Å²) in [6, 6.07) is 6.87. The minimum atomic E-state index is 0.861. The molecule has 0 bridgehead atoms. The van der Waals surface area contributed by atoms with Gasteiger partial charge in [0.1, 0.15) is 37.9 Å². The van der Waals surface area contributed by atoms with Crippen molar-refractivity contribution in [1.82, 2.24) is 9.13 Å². The number of rotatable bonds is 7. The van der Waals surface area contributed by atoms with Crippen LogP contribution >= 0.6 is 0 Å². The van der Waals surface area contributed by atoms with Crippen LogP contribution in [0.5, 0.6) is 0 Å². The molecule has 0 saturated carbocycles. The number of benzene rings is 1. The Morgan fingerprint density at radius 2 is 1.29 bits per heavy atom. The van der Waals surface area contributed by atoms with Gasteiger partial charge in [-0.3, -0.25) is 0 Å². The van der Waals surface area contributed by atoms with Crippen LogP contribution in [0, 0.1) is 0 Å². The van der Waals surface area contributed by atoms with E-state index in [0.717, 1.165) is 19.5 Å². The third kappa shape index (κ3) is 3.71. The molecule has 4 heteroatoms. The van der Waals surface area contributed by atoms with E-state index in [0.29, 0.717) is 0 Å². The van der Waals surface area contributed by atoms with E-state index in [1.54, 1.807) is 12.4 Å². The minimum absolute atomic E-state index is 0.861. The maximum atomic E-state index is 3.79. The zero-order valence-corrected chi connectivity index (χ0v) is 14.2. The number of nitrogens with zero attached hydrogens (tertiary/aromatic N) is 4. The molecule has 4 nitrogen and oxygen atoms in total. The lowest BCUT2D eigenvalue weighted by molar-refractivity contribution is -0.688. The molecule has 0 aliphatic heterocycles. The molecular weight excluding hydrogens is 296 g/mol. The van der Waals surface area contributed by atoms with Gasteiger partial charge in [-0.2, -0.15) is 0 Å². The molecule has 3 rings (SSSR count). The van der Waals surface area contributed by atoms with E-state index in [-0.39, 0.29) is 0 Å². The second kappa shape index (κ2) is 7.13. The molecule has 2 heterocycles. The molecule has 1 aromatic carbocycles. The fourth-order valence-electron chi connectivity index (χ4n) is 2.87. The van der Waals surface area contributed by atoms with E-state index in [1.165, 1.54) is 16.7 Å². The number of aryl methyl sites for hydroxylation is 1. The molecule has 0 fully saturated rings. The average molecular weight is 320 g/mol. The topological polar surface area (TPSA) is 17.6 Å². The summed E-state index contributed by atoms with van der Waals surface area (Å²) < 4.78 is 8.25. The van der Waals surface area contributed by atoms with E-state index < -0.39 is 0 Å². The first-order chi connectivity index (χ1) is 11.7. The molecule has 2 aromatic heterocycles. The van der Waals surface area contributed by atoms with Crippen molar-refractivity contribution in [3.05, 3.63) is 85.5 Å². The van der Waals surface area contributed by atoms with Crippen molar-refractivity contribution in [2.75, 3.05) is 0 Å². The Morgan fingerprint density at radius 1 is 0.833 bits per heavy atom. The van der Waals surface area contributed by atoms with Gasteiger partial charge in [-0.05, 0) is 29.2 Å². The molecule has 0 amide bonds. The molecular formula is C20H24N4+2. The van der Waals surface area contributed by atoms with Gasteiger partial charge in [0, 0.05) is 0 Å².